The van der Waals surface area contributed by atoms with Crippen LogP contribution < -0.4 is 0 Å². The highest BCUT2D eigenvalue weighted by atomic mass is 15.2. The predicted molar refractivity (Wildman–Crippen MR) is 98.0 cm³/mol. The fraction of sp³-hybridized carbons (Fsp3) is 0.364. The largest absolute Gasteiger partial charge is 0.292 e. The van der Waals surface area contributed by atoms with E-state index in [4.69, 9.17) is 0 Å². The van der Waals surface area contributed by atoms with Gasteiger partial charge in [0.1, 0.15) is 0 Å². The molecule has 0 aromatic heterocycles. The van der Waals surface area contributed by atoms with Gasteiger partial charge in [-0.3, -0.25) is 4.90 Å². The van der Waals surface area contributed by atoms with Crippen LogP contribution in [0.15, 0.2) is 72.9 Å². The molecule has 0 bridgehead atoms. The second kappa shape index (κ2) is 6.33. The quantitative estimate of drug-likeness (QED) is 0.731. The van der Waals surface area contributed by atoms with Gasteiger partial charge in [-0.15, -0.1) is 0 Å². The Bertz CT molecular complexity index is 664. The van der Waals surface area contributed by atoms with E-state index in [1.165, 1.54) is 24.1 Å². The third-order valence-electron chi connectivity index (χ3n) is 5.62. The Morgan fingerprint density at radius 1 is 1.13 bits per heavy atom. The summed E-state index contributed by atoms with van der Waals surface area (Å²) >= 11 is 0. The molecule has 0 spiro atoms. The Hall–Kier alpha value is -1.86. The summed E-state index contributed by atoms with van der Waals surface area (Å²) in [6.45, 7) is 4.48. The molecular weight excluding hydrogens is 278 g/mol. The Labute approximate surface area is 139 Å². The fourth-order valence-electron chi connectivity index (χ4n) is 4.53. The van der Waals surface area contributed by atoms with Gasteiger partial charge in [0.15, 0.2) is 0 Å². The van der Waals surface area contributed by atoms with E-state index in [1.54, 1.807) is 0 Å². The topological polar surface area (TPSA) is 3.24 Å². The fourth-order valence-corrected chi connectivity index (χ4v) is 4.53. The van der Waals surface area contributed by atoms with E-state index in [9.17, 15) is 0 Å². The summed E-state index contributed by atoms with van der Waals surface area (Å²) in [6, 6.07) is 11.4. The number of benzene rings is 1. The second-order valence-corrected chi connectivity index (χ2v) is 6.96. The van der Waals surface area contributed by atoms with E-state index in [0.29, 0.717) is 17.9 Å². The first-order chi connectivity index (χ1) is 11.4. The van der Waals surface area contributed by atoms with Crippen molar-refractivity contribution >= 4 is 5.57 Å². The SMILES string of the molecule is C/C=C\C1C([C@H]2C=CC=CC2)CN2CC(c3ccccc3)=CC12. The Kier molecular flexibility index (Phi) is 4.05. The zero-order valence-electron chi connectivity index (χ0n) is 13.8. The first kappa shape index (κ1) is 14.7. The summed E-state index contributed by atoms with van der Waals surface area (Å²) in [6.07, 6.45) is 17.6. The van der Waals surface area contributed by atoms with E-state index in [1.807, 2.05) is 0 Å². The van der Waals surface area contributed by atoms with E-state index in [2.05, 4.69) is 84.7 Å². The summed E-state index contributed by atoms with van der Waals surface area (Å²) in [5.74, 6) is 2.08. The third-order valence-corrected chi connectivity index (χ3v) is 5.62. The predicted octanol–water partition coefficient (Wildman–Crippen LogP) is 4.71. The highest BCUT2D eigenvalue weighted by molar-refractivity contribution is 5.70. The van der Waals surface area contributed by atoms with Gasteiger partial charge in [-0.05, 0) is 36.3 Å². The van der Waals surface area contributed by atoms with E-state index >= 15 is 0 Å². The number of hydrogen-bond donors (Lipinski definition) is 0. The van der Waals surface area contributed by atoms with Gasteiger partial charge in [-0.25, -0.2) is 0 Å². The molecule has 3 unspecified atom stereocenters. The van der Waals surface area contributed by atoms with Crippen LogP contribution in [0.4, 0.5) is 0 Å². The van der Waals surface area contributed by atoms with Crippen LogP contribution >= 0.6 is 0 Å². The minimum Gasteiger partial charge on any atom is -0.292 e. The molecule has 1 aliphatic carbocycles. The maximum atomic E-state index is 2.68. The van der Waals surface area contributed by atoms with Crippen LogP contribution in [0.1, 0.15) is 18.9 Å². The van der Waals surface area contributed by atoms with Crippen LogP contribution in [0.2, 0.25) is 0 Å². The van der Waals surface area contributed by atoms with Gasteiger partial charge >= 0.3 is 0 Å². The lowest BCUT2D eigenvalue weighted by Gasteiger charge is -2.26. The van der Waals surface area contributed by atoms with Crippen molar-refractivity contribution in [2.24, 2.45) is 17.8 Å². The normalized spacial score (nSPS) is 33.3. The van der Waals surface area contributed by atoms with Crippen LogP contribution in [-0.2, 0) is 0 Å². The van der Waals surface area contributed by atoms with Gasteiger partial charge < -0.3 is 0 Å². The molecule has 2 aliphatic heterocycles. The van der Waals surface area contributed by atoms with Crippen molar-refractivity contribution in [2.75, 3.05) is 13.1 Å². The molecule has 0 amide bonds. The zero-order chi connectivity index (χ0) is 15.6. The van der Waals surface area contributed by atoms with Crippen molar-refractivity contribution in [3.8, 4) is 0 Å². The smallest absolute Gasteiger partial charge is 0.0354 e. The van der Waals surface area contributed by atoms with Crippen molar-refractivity contribution in [2.45, 2.75) is 19.4 Å². The van der Waals surface area contributed by atoms with Crippen LogP contribution in [-0.4, -0.2) is 24.0 Å². The lowest BCUT2D eigenvalue weighted by atomic mass is 9.78. The maximum absolute atomic E-state index is 2.68. The molecule has 0 radical (unpaired) electrons. The Balaban J connectivity index is 1.59. The van der Waals surface area contributed by atoms with Gasteiger partial charge in [0.2, 0.25) is 0 Å². The molecule has 1 saturated heterocycles. The highest BCUT2D eigenvalue weighted by Crippen LogP contribution is 2.43. The first-order valence-electron chi connectivity index (χ1n) is 8.83. The van der Waals surface area contributed by atoms with Gasteiger partial charge in [0.05, 0.1) is 0 Å². The van der Waals surface area contributed by atoms with Gasteiger partial charge in [-0.1, -0.05) is 72.9 Å². The van der Waals surface area contributed by atoms with Gasteiger partial charge in [0.25, 0.3) is 0 Å². The minimum absolute atomic E-state index is 0.575. The first-order valence-corrected chi connectivity index (χ1v) is 8.83. The monoisotopic (exact) mass is 303 g/mol. The Morgan fingerprint density at radius 2 is 2.00 bits per heavy atom. The van der Waals surface area contributed by atoms with Crippen LogP contribution in [0.25, 0.3) is 5.57 Å². The number of allylic oxidation sites excluding steroid dienone is 5. The summed E-state index contributed by atoms with van der Waals surface area (Å²) in [5.41, 5.74) is 2.89. The minimum atomic E-state index is 0.575. The third kappa shape index (κ3) is 2.74. The van der Waals surface area contributed by atoms with E-state index in [-0.39, 0.29) is 0 Å². The van der Waals surface area contributed by atoms with Crippen molar-refractivity contribution in [1.29, 1.82) is 0 Å². The van der Waals surface area contributed by atoms with E-state index in [0.717, 1.165) is 12.5 Å². The molecule has 3 aliphatic rings. The van der Waals surface area contributed by atoms with Crippen molar-refractivity contribution < 1.29 is 0 Å². The number of hydrogen-bond acceptors (Lipinski definition) is 1. The molecule has 1 heteroatoms. The molecule has 0 saturated carbocycles. The number of rotatable bonds is 3. The van der Waals surface area contributed by atoms with Gasteiger partial charge in [-0.2, -0.15) is 0 Å². The summed E-state index contributed by atoms with van der Waals surface area (Å²) in [5, 5.41) is 0. The summed E-state index contributed by atoms with van der Waals surface area (Å²) in [4.78, 5) is 2.68. The molecule has 4 atom stereocenters. The number of nitrogens with zero attached hydrogens (tertiary/aromatic N) is 1. The van der Waals surface area contributed by atoms with Crippen LogP contribution in [0.3, 0.4) is 0 Å². The molecule has 1 nitrogen and oxygen atoms in total. The highest BCUT2D eigenvalue weighted by Gasteiger charge is 2.44. The van der Waals surface area contributed by atoms with Crippen molar-refractivity contribution in [3.63, 3.8) is 0 Å². The molecule has 2 heterocycles. The maximum Gasteiger partial charge on any atom is 0.0354 e. The second-order valence-electron chi connectivity index (χ2n) is 6.96. The Morgan fingerprint density at radius 3 is 2.74 bits per heavy atom. The van der Waals surface area contributed by atoms with Crippen molar-refractivity contribution in [3.05, 3.63) is 78.4 Å². The zero-order valence-corrected chi connectivity index (χ0v) is 13.8. The molecular formula is C22H25N. The molecule has 118 valence electrons. The molecule has 1 aromatic carbocycles. The molecule has 1 fully saturated rings. The lowest BCUT2D eigenvalue weighted by molar-refractivity contribution is 0.321. The average Bonchev–Trinajstić information content (AvgIpc) is 3.16. The lowest BCUT2D eigenvalue weighted by Crippen LogP contribution is -2.26. The molecule has 0 N–H and O–H groups in total. The molecule has 23 heavy (non-hydrogen) atoms. The summed E-state index contributed by atoms with van der Waals surface area (Å²) < 4.78 is 0. The molecule has 1 aromatic rings. The average molecular weight is 303 g/mol. The summed E-state index contributed by atoms with van der Waals surface area (Å²) in [7, 11) is 0. The van der Waals surface area contributed by atoms with Gasteiger partial charge in [0, 0.05) is 25.0 Å². The van der Waals surface area contributed by atoms with Crippen LogP contribution in [0, 0.1) is 17.8 Å². The number of fused-ring (bicyclic) bond motifs is 1. The van der Waals surface area contributed by atoms with Crippen LogP contribution in [0.5, 0.6) is 0 Å². The standard InChI is InChI=1S/C22H25N/c1-2-9-20-21(18-12-7-4-8-13-18)16-23-15-19(14-22(20)23)17-10-5-3-6-11-17/h2-12,14,18,20-22H,13,15-16H2,1H3/b9-2-/t18-,20?,21?,22?/m0/s1. The van der Waals surface area contributed by atoms with Crippen molar-refractivity contribution in [1.82, 2.24) is 4.90 Å². The molecule has 4 rings (SSSR count). The van der Waals surface area contributed by atoms with E-state index < -0.39 is 0 Å².